The molecule has 0 saturated carbocycles. The van der Waals surface area contributed by atoms with Crippen LogP contribution in [0.1, 0.15) is 32.1 Å². The second-order valence-corrected chi connectivity index (χ2v) is 3.20. The van der Waals surface area contributed by atoms with E-state index in [9.17, 15) is 0 Å². The van der Waals surface area contributed by atoms with Gasteiger partial charge in [0, 0.05) is 0 Å². The van der Waals surface area contributed by atoms with Gasteiger partial charge in [0.15, 0.2) is 0 Å². The lowest BCUT2D eigenvalue weighted by atomic mass is 10.0. The molecule has 1 aliphatic rings. The van der Waals surface area contributed by atoms with Crippen molar-refractivity contribution < 1.29 is 9.84 Å². The quantitative estimate of drug-likeness (QED) is 0.655. The fraction of sp³-hybridized carbons (Fsp3) is 0.800. The Morgan fingerprint density at radius 1 is 1.25 bits per heavy atom. The fourth-order valence-electron chi connectivity index (χ4n) is 1.51. The molecule has 0 heterocycles. The Balaban J connectivity index is 2.18. The third kappa shape index (κ3) is 3.88. The minimum atomic E-state index is 0.145. The molecule has 1 N–H and O–H groups in total. The Labute approximate surface area is 74.2 Å². The van der Waals surface area contributed by atoms with Gasteiger partial charge < -0.3 is 9.84 Å². The van der Waals surface area contributed by atoms with Gasteiger partial charge in [-0.1, -0.05) is 12.2 Å². The van der Waals surface area contributed by atoms with Gasteiger partial charge in [0.25, 0.3) is 0 Å². The van der Waals surface area contributed by atoms with Crippen LogP contribution in [-0.4, -0.2) is 24.4 Å². The smallest absolute Gasteiger partial charge is 0.0701 e. The number of aliphatic hydroxyl groups is 1. The molecule has 0 aliphatic heterocycles. The first-order chi connectivity index (χ1) is 5.93. The zero-order chi connectivity index (χ0) is 8.65. The van der Waals surface area contributed by atoms with Crippen molar-refractivity contribution >= 4 is 0 Å². The highest BCUT2D eigenvalue weighted by Gasteiger charge is 2.08. The number of hydrogen-bond donors (Lipinski definition) is 1. The summed E-state index contributed by atoms with van der Waals surface area (Å²) in [5.41, 5.74) is 0. The topological polar surface area (TPSA) is 29.5 Å². The van der Waals surface area contributed by atoms with Crippen molar-refractivity contribution in [1.29, 1.82) is 0 Å². The van der Waals surface area contributed by atoms with E-state index in [0.717, 1.165) is 19.3 Å². The summed E-state index contributed by atoms with van der Waals surface area (Å²) >= 11 is 0. The lowest BCUT2D eigenvalue weighted by Crippen LogP contribution is -2.15. The first-order valence-electron chi connectivity index (χ1n) is 4.81. The molecule has 1 aliphatic carbocycles. The normalized spacial score (nSPS) is 27.6. The Bertz CT molecular complexity index is 132. The van der Waals surface area contributed by atoms with Crippen LogP contribution in [0, 0.1) is 0 Å². The summed E-state index contributed by atoms with van der Waals surface area (Å²) in [6.45, 7) is 0.640. The maximum atomic E-state index is 8.58. The van der Waals surface area contributed by atoms with E-state index in [1.54, 1.807) is 0 Å². The van der Waals surface area contributed by atoms with Crippen LogP contribution in [0.2, 0.25) is 0 Å². The molecule has 0 saturated heterocycles. The van der Waals surface area contributed by atoms with Gasteiger partial charge in [-0.05, 0) is 32.1 Å². The van der Waals surface area contributed by atoms with E-state index in [-0.39, 0.29) is 6.61 Å². The molecular formula is C10H18O2. The second kappa shape index (κ2) is 6.21. The van der Waals surface area contributed by atoms with E-state index in [0.29, 0.717) is 12.7 Å². The zero-order valence-corrected chi connectivity index (χ0v) is 7.54. The van der Waals surface area contributed by atoms with Crippen molar-refractivity contribution in [1.82, 2.24) is 0 Å². The van der Waals surface area contributed by atoms with Gasteiger partial charge in [0.1, 0.15) is 0 Å². The standard InChI is InChI=1S/C10H18O2/c11-8-9-12-10-6-4-2-1-3-5-7-10/h1-2,10-11H,3-9H2/b2-1-/t10-/m0/s1. The Morgan fingerprint density at radius 2 is 2.08 bits per heavy atom. The summed E-state index contributed by atoms with van der Waals surface area (Å²) in [6, 6.07) is 0. The molecule has 12 heavy (non-hydrogen) atoms. The average Bonchev–Trinajstić information content (AvgIpc) is 2.02. The van der Waals surface area contributed by atoms with E-state index in [4.69, 9.17) is 9.84 Å². The maximum Gasteiger partial charge on any atom is 0.0701 e. The summed E-state index contributed by atoms with van der Waals surface area (Å²) in [5, 5.41) is 8.58. The highest BCUT2D eigenvalue weighted by molar-refractivity contribution is 4.85. The van der Waals surface area contributed by atoms with Crippen molar-refractivity contribution in [2.75, 3.05) is 13.2 Å². The third-order valence-electron chi connectivity index (χ3n) is 2.16. The van der Waals surface area contributed by atoms with Crippen LogP contribution >= 0.6 is 0 Å². The van der Waals surface area contributed by atoms with Crippen molar-refractivity contribution in [2.45, 2.75) is 38.2 Å². The first-order valence-corrected chi connectivity index (χ1v) is 4.81. The van der Waals surface area contributed by atoms with Gasteiger partial charge >= 0.3 is 0 Å². The summed E-state index contributed by atoms with van der Waals surface area (Å²) < 4.78 is 5.48. The predicted octanol–water partition coefficient (Wildman–Crippen LogP) is 1.88. The number of aliphatic hydroxyl groups excluding tert-OH is 1. The molecule has 0 fully saturated rings. The molecule has 70 valence electrons. The third-order valence-corrected chi connectivity index (χ3v) is 2.16. The van der Waals surface area contributed by atoms with E-state index >= 15 is 0 Å². The van der Waals surface area contributed by atoms with Crippen LogP contribution in [0.25, 0.3) is 0 Å². The van der Waals surface area contributed by atoms with Crippen molar-refractivity contribution in [3.8, 4) is 0 Å². The molecule has 2 nitrogen and oxygen atoms in total. The Morgan fingerprint density at radius 3 is 2.92 bits per heavy atom. The number of rotatable bonds is 3. The van der Waals surface area contributed by atoms with Gasteiger partial charge in [-0.3, -0.25) is 0 Å². The van der Waals surface area contributed by atoms with E-state index in [2.05, 4.69) is 12.2 Å². The lowest BCUT2D eigenvalue weighted by Gasteiger charge is -2.17. The molecule has 0 aromatic rings. The summed E-state index contributed by atoms with van der Waals surface area (Å²) in [6.07, 6.45) is 10.6. The van der Waals surface area contributed by atoms with E-state index < -0.39 is 0 Å². The monoisotopic (exact) mass is 170 g/mol. The van der Waals surface area contributed by atoms with E-state index in [1.807, 2.05) is 0 Å². The molecule has 0 spiro atoms. The van der Waals surface area contributed by atoms with Crippen LogP contribution in [0.4, 0.5) is 0 Å². The minimum Gasteiger partial charge on any atom is -0.394 e. The number of allylic oxidation sites excluding steroid dienone is 2. The fourth-order valence-corrected chi connectivity index (χ4v) is 1.51. The Kier molecular flexibility index (Phi) is 5.04. The van der Waals surface area contributed by atoms with Gasteiger partial charge in [-0.25, -0.2) is 0 Å². The molecule has 1 rings (SSSR count). The van der Waals surface area contributed by atoms with Crippen LogP contribution in [0.5, 0.6) is 0 Å². The summed E-state index contributed by atoms with van der Waals surface area (Å²) in [5.74, 6) is 0. The number of hydrogen-bond acceptors (Lipinski definition) is 2. The molecule has 0 unspecified atom stereocenters. The van der Waals surface area contributed by atoms with Gasteiger partial charge in [0.05, 0.1) is 19.3 Å². The summed E-state index contributed by atoms with van der Waals surface area (Å²) in [7, 11) is 0. The maximum absolute atomic E-state index is 8.58. The first kappa shape index (κ1) is 9.75. The molecule has 0 bridgehead atoms. The molecule has 0 radical (unpaired) electrons. The molecule has 0 aromatic heterocycles. The van der Waals surface area contributed by atoms with Crippen LogP contribution in [-0.2, 0) is 4.74 Å². The van der Waals surface area contributed by atoms with Crippen molar-refractivity contribution in [3.05, 3.63) is 12.2 Å². The SMILES string of the molecule is OCCO[C@H]1CC/C=C\CCC1. The number of ether oxygens (including phenoxy) is 1. The average molecular weight is 170 g/mol. The predicted molar refractivity (Wildman–Crippen MR) is 49.1 cm³/mol. The van der Waals surface area contributed by atoms with Crippen molar-refractivity contribution in [2.24, 2.45) is 0 Å². The molecule has 0 aromatic carbocycles. The zero-order valence-electron chi connectivity index (χ0n) is 7.54. The van der Waals surface area contributed by atoms with Gasteiger partial charge in [-0.15, -0.1) is 0 Å². The van der Waals surface area contributed by atoms with Crippen LogP contribution < -0.4 is 0 Å². The van der Waals surface area contributed by atoms with Crippen LogP contribution in [0.15, 0.2) is 12.2 Å². The molecule has 2 heteroatoms. The molecule has 1 atom stereocenters. The van der Waals surface area contributed by atoms with Gasteiger partial charge in [0.2, 0.25) is 0 Å². The van der Waals surface area contributed by atoms with E-state index in [1.165, 1.54) is 12.8 Å². The lowest BCUT2D eigenvalue weighted by molar-refractivity contribution is 0.0186. The minimum absolute atomic E-state index is 0.145. The highest BCUT2D eigenvalue weighted by Crippen LogP contribution is 2.14. The highest BCUT2D eigenvalue weighted by atomic mass is 16.5. The Hall–Kier alpha value is -0.340. The summed E-state index contributed by atoms with van der Waals surface area (Å²) in [4.78, 5) is 0. The van der Waals surface area contributed by atoms with Crippen LogP contribution in [0.3, 0.4) is 0 Å². The molecular weight excluding hydrogens is 152 g/mol. The molecule has 0 amide bonds. The largest absolute Gasteiger partial charge is 0.394 e. The van der Waals surface area contributed by atoms with Crippen molar-refractivity contribution in [3.63, 3.8) is 0 Å². The second-order valence-electron chi connectivity index (χ2n) is 3.20. The van der Waals surface area contributed by atoms with Gasteiger partial charge in [-0.2, -0.15) is 0 Å².